The summed E-state index contributed by atoms with van der Waals surface area (Å²) in [6.07, 6.45) is 0. The highest BCUT2D eigenvalue weighted by atomic mass is 35.5. The van der Waals surface area contributed by atoms with Crippen molar-refractivity contribution in [2.24, 2.45) is 0 Å². The molecular weight excluding hydrogens is 372 g/mol. The number of benzene rings is 2. The summed E-state index contributed by atoms with van der Waals surface area (Å²) in [5, 5.41) is 4.28. The van der Waals surface area contributed by atoms with Gasteiger partial charge >= 0.3 is 5.97 Å². The molecule has 138 valence electrons. The van der Waals surface area contributed by atoms with E-state index in [9.17, 15) is 4.79 Å². The lowest BCUT2D eigenvalue weighted by Gasteiger charge is -2.21. The van der Waals surface area contributed by atoms with Crippen molar-refractivity contribution >= 4 is 17.6 Å². The SMILES string of the molecule is Cc1noc(-c2ccc(C(=O)OCc3cc(Cl)cc4c3OCOC4)cc2)n1. The lowest BCUT2D eigenvalue weighted by Crippen LogP contribution is -2.14. The third-order valence-electron chi connectivity index (χ3n) is 4.01. The number of nitrogens with zero attached hydrogens (tertiary/aromatic N) is 2. The van der Waals surface area contributed by atoms with Gasteiger partial charge in [-0.3, -0.25) is 0 Å². The molecule has 1 aliphatic heterocycles. The summed E-state index contributed by atoms with van der Waals surface area (Å²) < 4.78 is 21.3. The zero-order chi connectivity index (χ0) is 18.8. The zero-order valence-electron chi connectivity index (χ0n) is 14.4. The van der Waals surface area contributed by atoms with Gasteiger partial charge in [0, 0.05) is 21.7 Å². The first-order valence-corrected chi connectivity index (χ1v) is 8.57. The summed E-state index contributed by atoms with van der Waals surface area (Å²) >= 11 is 6.12. The number of halogens is 1. The number of fused-ring (bicyclic) bond motifs is 1. The second kappa shape index (κ2) is 7.38. The fraction of sp³-hybridized carbons (Fsp3) is 0.211. The van der Waals surface area contributed by atoms with E-state index in [1.807, 2.05) is 0 Å². The van der Waals surface area contributed by atoms with E-state index in [1.54, 1.807) is 43.3 Å². The predicted molar refractivity (Wildman–Crippen MR) is 95.3 cm³/mol. The summed E-state index contributed by atoms with van der Waals surface area (Å²) in [6, 6.07) is 10.2. The second-order valence-electron chi connectivity index (χ2n) is 5.96. The number of carbonyl (C=O) groups excluding carboxylic acids is 1. The van der Waals surface area contributed by atoms with Crippen LogP contribution in [0.5, 0.6) is 5.75 Å². The molecule has 0 atom stereocenters. The van der Waals surface area contributed by atoms with Crippen LogP contribution in [-0.2, 0) is 22.7 Å². The van der Waals surface area contributed by atoms with E-state index in [0.29, 0.717) is 40.2 Å². The van der Waals surface area contributed by atoms with Crippen molar-refractivity contribution in [3.05, 3.63) is 63.9 Å². The van der Waals surface area contributed by atoms with Crippen LogP contribution in [0.2, 0.25) is 5.02 Å². The van der Waals surface area contributed by atoms with Gasteiger partial charge in [-0.1, -0.05) is 16.8 Å². The summed E-state index contributed by atoms with van der Waals surface area (Å²) in [5.41, 5.74) is 2.67. The lowest BCUT2D eigenvalue weighted by atomic mass is 10.1. The van der Waals surface area contributed by atoms with Gasteiger partial charge in [-0.2, -0.15) is 4.98 Å². The summed E-state index contributed by atoms with van der Waals surface area (Å²) in [4.78, 5) is 16.5. The number of rotatable bonds is 4. The van der Waals surface area contributed by atoms with E-state index in [1.165, 1.54) is 0 Å². The minimum atomic E-state index is -0.455. The first-order valence-electron chi connectivity index (χ1n) is 8.20. The molecule has 1 aromatic heterocycles. The standard InChI is InChI=1S/C19H15ClN2O5/c1-11-21-18(27-22-11)12-2-4-13(5-3-12)19(23)25-9-15-7-16(20)6-14-8-24-10-26-17(14)15/h2-7H,8-10H2,1H3. The van der Waals surface area contributed by atoms with Crippen LogP contribution < -0.4 is 4.74 Å². The average Bonchev–Trinajstić information content (AvgIpc) is 3.12. The Hall–Kier alpha value is -2.90. The van der Waals surface area contributed by atoms with Crippen molar-refractivity contribution in [3.63, 3.8) is 0 Å². The van der Waals surface area contributed by atoms with Crippen LogP contribution in [0.3, 0.4) is 0 Å². The number of hydrogen-bond acceptors (Lipinski definition) is 7. The summed E-state index contributed by atoms with van der Waals surface area (Å²) in [7, 11) is 0. The van der Waals surface area contributed by atoms with E-state index in [0.717, 1.165) is 11.1 Å². The molecule has 7 nitrogen and oxygen atoms in total. The van der Waals surface area contributed by atoms with Crippen molar-refractivity contribution in [1.29, 1.82) is 0 Å². The van der Waals surface area contributed by atoms with Gasteiger partial charge in [-0.15, -0.1) is 0 Å². The molecule has 0 saturated heterocycles. The molecule has 3 aromatic rings. The van der Waals surface area contributed by atoms with Gasteiger partial charge in [0.05, 0.1) is 12.2 Å². The molecule has 0 amide bonds. The van der Waals surface area contributed by atoms with E-state index < -0.39 is 5.97 Å². The van der Waals surface area contributed by atoms with Crippen LogP contribution in [0.25, 0.3) is 11.5 Å². The molecule has 0 aliphatic carbocycles. The van der Waals surface area contributed by atoms with Gasteiger partial charge in [0.25, 0.3) is 5.89 Å². The van der Waals surface area contributed by atoms with Crippen LogP contribution in [0, 0.1) is 6.92 Å². The molecule has 0 bridgehead atoms. The Morgan fingerprint density at radius 1 is 1.26 bits per heavy atom. The van der Waals surface area contributed by atoms with Gasteiger partial charge in [0.1, 0.15) is 12.4 Å². The number of ether oxygens (including phenoxy) is 3. The topological polar surface area (TPSA) is 83.7 Å². The molecule has 2 aromatic carbocycles. The molecular formula is C19H15ClN2O5. The van der Waals surface area contributed by atoms with Crippen molar-refractivity contribution in [2.45, 2.75) is 20.1 Å². The van der Waals surface area contributed by atoms with E-state index in [-0.39, 0.29) is 13.4 Å². The molecule has 2 heterocycles. The second-order valence-corrected chi connectivity index (χ2v) is 6.40. The molecule has 0 N–H and O–H groups in total. The number of hydrogen-bond donors (Lipinski definition) is 0. The highest BCUT2D eigenvalue weighted by Crippen LogP contribution is 2.32. The van der Waals surface area contributed by atoms with Crippen LogP contribution in [0.4, 0.5) is 0 Å². The van der Waals surface area contributed by atoms with Gasteiger partial charge in [-0.25, -0.2) is 4.79 Å². The number of aromatic nitrogens is 2. The van der Waals surface area contributed by atoms with Gasteiger partial charge < -0.3 is 18.7 Å². The van der Waals surface area contributed by atoms with E-state index in [2.05, 4.69) is 10.1 Å². The molecule has 1 aliphatic rings. The molecule has 27 heavy (non-hydrogen) atoms. The Morgan fingerprint density at radius 3 is 2.81 bits per heavy atom. The molecule has 0 spiro atoms. The van der Waals surface area contributed by atoms with E-state index >= 15 is 0 Å². The average molecular weight is 387 g/mol. The Morgan fingerprint density at radius 2 is 2.07 bits per heavy atom. The Bertz CT molecular complexity index is 984. The largest absolute Gasteiger partial charge is 0.467 e. The summed E-state index contributed by atoms with van der Waals surface area (Å²) in [5.74, 6) is 1.15. The minimum absolute atomic E-state index is 0.0479. The Kier molecular flexibility index (Phi) is 4.79. The Labute approximate surface area is 159 Å². The molecule has 0 saturated carbocycles. The molecule has 4 rings (SSSR count). The molecule has 0 radical (unpaired) electrons. The normalized spacial score (nSPS) is 13.0. The van der Waals surface area contributed by atoms with Gasteiger partial charge in [0.15, 0.2) is 12.6 Å². The zero-order valence-corrected chi connectivity index (χ0v) is 15.2. The maximum Gasteiger partial charge on any atom is 0.338 e. The maximum absolute atomic E-state index is 12.4. The molecule has 0 fully saturated rings. The van der Waals surface area contributed by atoms with Crippen molar-refractivity contribution in [1.82, 2.24) is 10.1 Å². The molecule has 8 heteroatoms. The Balaban J connectivity index is 1.46. The number of aryl methyl sites for hydroxylation is 1. The predicted octanol–water partition coefficient (Wildman–Crippen LogP) is 3.92. The van der Waals surface area contributed by atoms with Crippen molar-refractivity contribution in [3.8, 4) is 17.2 Å². The fourth-order valence-electron chi connectivity index (χ4n) is 2.75. The summed E-state index contributed by atoms with van der Waals surface area (Å²) in [6.45, 7) is 2.36. The quantitative estimate of drug-likeness (QED) is 0.628. The van der Waals surface area contributed by atoms with Crippen molar-refractivity contribution in [2.75, 3.05) is 6.79 Å². The lowest BCUT2D eigenvalue weighted by molar-refractivity contribution is -0.0180. The number of esters is 1. The van der Waals surface area contributed by atoms with Gasteiger partial charge in [-0.05, 0) is 43.3 Å². The molecule has 0 unspecified atom stereocenters. The van der Waals surface area contributed by atoms with Crippen molar-refractivity contribution < 1.29 is 23.5 Å². The van der Waals surface area contributed by atoms with Gasteiger partial charge in [0.2, 0.25) is 0 Å². The number of carbonyl (C=O) groups is 1. The van der Waals surface area contributed by atoms with Crippen LogP contribution in [0.1, 0.15) is 27.3 Å². The first kappa shape index (κ1) is 17.5. The minimum Gasteiger partial charge on any atom is -0.467 e. The monoisotopic (exact) mass is 386 g/mol. The van der Waals surface area contributed by atoms with Crippen LogP contribution in [0.15, 0.2) is 40.9 Å². The third-order valence-corrected chi connectivity index (χ3v) is 4.22. The van der Waals surface area contributed by atoms with Crippen LogP contribution >= 0.6 is 11.6 Å². The van der Waals surface area contributed by atoms with Crippen LogP contribution in [-0.4, -0.2) is 22.9 Å². The highest BCUT2D eigenvalue weighted by Gasteiger charge is 2.18. The van der Waals surface area contributed by atoms with E-state index in [4.69, 9.17) is 30.3 Å². The third kappa shape index (κ3) is 3.79. The first-order chi connectivity index (χ1) is 13.1. The maximum atomic E-state index is 12.4. The fourth-order valence-corrected chi connectivity index (χ4v) is 3.02. The smallest absolute Gasteiger partial charge is 0.338 e. The highest BCUT2D eigenvalue weighted by molar-refractivity contribution is 6.30.